The predicted molar refractivity (Wildman–Crippen MR) is 76.3 cm³/mol. The van der Waals surface area contributed by atoms with E-state index in [1.54, 1.807) is 0 Å². The van der Waals surface area contributed by atoms with Gasteiger partial charge >= 0.3 is 6.18 Å². The summed E-state index contributed by atoms with van der Waals surface area (Å²) in [5.74, 6) is -1.96. The summed E-state index contributed by atoms with van der Waals surface area (Å²) in [4.78, 5) is 11.4. The molecule has 0 bridgehead atoms. The van der Waals surface area contributed by atoms with E-state index in [2.05, 4.69) is 0 Å². The first-order valence-electron chi connectivity index (χ1n) is 6.30. The van der Waals surface area contributed by atoms with Crippen LogP contribution in [-0.4, -0.2) is 12.3 Å². The normalized spacial score (nSPS) is 11.4. The van der Waals surface area contributed by atoms with Crippen LogP contribution in [0, 0.1) is 5.82 Å². The van der Waals surface area contributed by atoms with Crippen molar-refractivity contribution in [3.05, 3.63) is 58.4 Å². The molecule has 2 aromatic carbocycles. The highest BCUT2D eigenvalue weighted by atomic mass is 35.5. The Kier molecular flexibility index (Phi) is 4.91. The highest BCUT2D eigenvalue weighted by Gasteiger charge is 2.32. The summed E-state index contributed by atoms with van der Waals surface area (Å²) in [5.41, 5.74) is 4.34. The lowest BCUT2D eigenvalue weighted by Crippen LogP contribution is -2.13. The Morgan fingerprint density at radius 1 is 1.17 bits per heavy atom. The Balaban J connectivity index is 2.28. The Bertz CT molecular complexity index is 706. The van der Waals surface area contributed by atoms with Gasteiger partial charge in [0.2, 0.25) is 0 Å². The maximum atomic E-state index is 13.8. The maximum Gasteiger partial charge on any atom is 0.416 e. The molecule has 0 aliphatic heterocycles. The third kappa shape index (κ3) is 4.00. The predicted octanol–water partition coefficient (Wildman–Crippen LogP) is 4.43. The molecule has 0 heterocycles. The van der Waals surface area contributed by atoms with Gasteiger partial charge in [0.05, 0.1) is 17.1 Å². The molecule has 0 amide bonds. The van der Waals surface area contributed by atoms with E-state index >= 15 is 0 Å². The van der Waals surface area contributed by atoms with Gasteiger partial charge in [0.15, 0.2) is 17.3 Å². The molecular weight excluding hydrogens is 338 g/mol. The van der Waals surface area contributed by atoms with Gasteiger partial charge in [-0.3, -0.25) is 4.79 Å². The van der Waals surface area contributed by atoms with Crippen molar-refractivity contribution in [2.75, 3.05) is 6.54 Å². The zero-order valence-corrected chi connectivity index (χ0v) is 12.2. The number of nitrogens with two attached hydrogens (primary N) is 1. The number of carbonyl (C=O) groups is 1. The van der Waals surface area contributed by atoms with Gasteiger partial charge < -0.3 is 10.5 Å². The van der Waals surface area contributed by atoms with E-state index in [0.29, 0.717) is 17.7 Å². The Labute approximate surface area is 133 Å². The molecule has 2 N–H and O–H groups in total. The number of carbonyl (C=O) groups excluding carboxylic acids is 1. The van der Waals surface area contributed by atoms with Crippen LogP contribution in [0.3, 0.4) is 0 Å². The number of hydrogen-bond acceptors (Lipinski definition) is 3. The van der Waals surface area contributed by atoms with Crippen molar-refractivity contribution >= 4 is 17.4 Å². The molecule has 0 spiro atoms. The minimum atomic E-state index is -4.72. The van der Waals surface area contributed by atoms with E-state index in [4.69, 9.17) is 22.1 Å². The molecule has 0 aromatic heterocycles. The molecule has 2 aromatic rings. The van der Waals surface area contributed by atoms with E-state index in [1.807, 2.05) is 0 Å². The summed E-state index contributed by atoms with van der Waals surface area (Å²) in [6, 6.07) is 6.40. The molecule has 3 nitrogen and oxygen atoms in total. The number of Topliss-reactive ketones (excluding diaryl/α,β-unsaturated/α-hetero) is 1. The molecular formula is C15H10ClF4NO2. The second-order valence-corrected chi connectivity index (χ2v) is 4.93. The van der Waals surface area contributed by atoms with Crippen molar-refractivity contribution in [2.45, 2.75) is 6.18 Å². The van der Waals surface area contributed by atoms with Crippen LogP contribution in [0.15, 0.2) is 36.4 Å². The lowest BCUT2D eigenvalue weighted by Gasteiger charge is -2.12. The molecule has 2 rings (SSSR count). The van der Waals surface area contributed by atoms with Gasteiger partial charge in [-0.1, -0.05) is 11.6 Å². The van der Waals surface area contributed by atoms with Gasteiger partial charge in [-0.25, -0.2) is 4.39 Å². The average Bonchev–Trinajstić information content (AvgIpc) is 2.49. The second kappa shape index (κ2) is 6.55. The third-order valence-corrected chi connectivity index (χ3v) is 3.19. The number of ketones is 1. The summed E-state index contributed by atoms with van der Waals surface area (Å²) in [5, 5.41) is -0.514. The molecule has 0 unspecified atom stereocenters. The van der Waals surface area contributed by atoms with E-state index < -0.39 is 28.3 Å². The van der Waals surface area contributed by atoms with E-state index in [-0.39, 0.29) is 18.1 Å². The number of alkyl halides is 3. The number of halogens is 5. The fraction of sp³-hybridized carbons (Fsp3) is 0.133. The van der Waals surface area contributed by atoms with Crippen LogP contribution in [0.25, 0.3) is 0 Å². The lowest BCUT2D eigenvalue weighted by atomic mass is 10.1. The Morgan fingerprint density at radius 3 is 2.26 bits per heavy atom. The number of ether oxygens (including phenoxy) is 1. The van der Waals surface area contributed by atoms with E-state index in [0.717, 1.165) is 0 Å². The summed E-state index contributed by atoms with van der Waals surface area (Å²) < 4.78 is 56.6. The molecule has 122 valence electrons. The maximum absolute atomic E-state index is 13.8. The van der Waals surface area contributed by atoms with Crippen LogP contribution >= 0.6 is 11.6 Å². The van der Waals surface area contributed by atoms with Gasteiger partial charge in [-0.05, 0) is 36.4 Å². The zero-order chi connectivity index (χ0) is 17.2. The van der Waals surface area contributed by atoms with Crippen molar-refractivity contribution in [3.63, 3.8) is 0 Å². The minimum Gasteiger partial charge on any atom is -0.453 e. The Morgan fingerprint density at radius 2 is 1.78 bits per heavy atom. The molecule has 23 heavy (non-hydrogen) atoms. The average molecular weight is 348 g/mol. The topological polar surface area (TPSA) is 52.3 Å². The smallest absolute Gasteiger partial charge is 0.416 e. The molecule has 0 saturated heterocycles. The quantitative estimate of drug-likeness (QED) is 0.657. The third-order valence-electron chi connectivity index (χ3n) is 2.91. The lowest BCUT2D eigenvalue weighted by molar-refractivity contribution is -0.137. The van der Waals surface area contributed by atoms with E-state index in [9.17, 15) is 22.4 Å². The second-order valence-electron chi connectivity index (χ2n) is 4.52. The molecule has 0 aliphatic rings. The highest BCUT2D eigenvalue weighted by molar-refractivity contribution is 6.32. The van der Waals surface area contributed by atoms with Crippen molar-refractivity contribution in [3.8, 4) is 11.5 Å². The summed E-state index contributed by atoms with van der Waals surface area (Å²) in [6.45, 7) is -0.167. The largest absolute Gasteiger partial charge is 0.453 e. The number of hydrogen-bond donors (Lipinski definition) is 1. The van der Waals surface area contributed by atoms with Gasteiger partial charge in [0.25, 0.3) is 0 Å². The van der Waals surface area contributed by atoms with Gasteiger partial charge in [0.1, 0.15) is 5.75 Å². The first kappa shape index (κ1) is 17.2. The molecule has 0 aliphatic carbocycles. The molecule has 0 fully saturated rings. The summed E-state index contributed by atoms with van der Waals surface area (Å²) >= 11 is 5.66. The fourth-order valence-electron chi connectivity index (χ4n) is 1.77. The van der Waals surface area contributed by atoms with Crippen LogP contribution < -0.4 is 10.5 Å². The van der Waals surface area contributed by atoms with Gasteiger partial charge in [-0.15, -0.1) is 0 Å². The van der Waals surface area contributed by atoms with Crippen molar-refractivity contribution in [2.24, 2.45) is 5.73 Å². The van der Waals surface area contributed by atoms with Crippen molar-refractivity contribution in [1.29, 1.82) is 0 Å². The molecule has 0 radical (unpaired) electrons. The van der Waals surface area contributed by atoms with Crippen LogP contribution in [0.2, 0.25) is 5.02 Å². The highest BCUT2D eigenvalue weighted by Crippen LogP contribution is 2.38. The van der Waals surface area contributed by atoms with Crippen LogP contribution in [0.5, 0.6) is 11.5 Å². The van der Waals surface area contributed by atoms with Crippen LogP contribution in [0.1, 0.15) is 15.9 Å². The zero-order valence-electron chi connectivity index (χ0n) is 11.5. The first-order valence-corrected chi connectivity index (χ1v) is 6.67. The first-order chi connectivity index (χ1) is 10.7. The summed E-state index contributed by atoms with van der Waals surface area (Å²) in [6.07, 6.45) is -4.72. The van der Waals surface area contributed by atoms with Gasteiger partial charge in [0, 0.05) is 5.56 Å². The Hall–Kier alpha value is -2.12. The minimum absolute atomic E-state index is 0.110. The summed E-state index contributed by atoms with van der Waals surface area (Å²) in [7, 11) is 0. The molecule has 0 atom stereocenters. The van der Waals surface area contributed by atoms with Crippen LogP contribution in [-0.2, 0) is 6.18 Å². The monoisotopic (exact) mass is 347 g/mol. The fourth-order valence-corrected chi connectivity index (χ4v) is 2.01. The number of rotatable bonds is 4. The van der Waals surface area contributed by atoms with Gasteiger partial charge in [-0.2, -0.15) is 13.2 Å². The van der Waals surface area contributed by atoms with Crippen LogP contribution in [0.4, 0.5) is 17.6 Å². The molecule has 8 heteroatoms. The number of benzene rings is 2. The van der Waals surface area contributed by atoms with Crippen molar-refractivity contribution in [1.82, 2.24) is 0 Å². The van der Waals surface area contributed by atoms with E-state index in [1.165, 1.54) is 24.3 Å². The SMILES string of the molecule is NCC(=O)c1ccc(Oc2c(F)cc(C(F)(F)F)cc2Cl)cc1. The van der Waals surface area contributed by atoms with Crippen molar-refractivity contribution < 1.29 is 27.1 Å². The standard InChI is InChI=1S/C15H10ClF4NO2/c16-11-5-9(15(18,19)20)6-12(17)14(11)23-10-3-1-8(2-4-10)13(22)7-21/h1-6H,7,21H2. The molecule has 0 saturated carbocycles.